The van der Waals surface area contributed by atoms with E-state index in [2.05, 4.69) is 46.9 Å². The van der Waals surface area contributed by atoms with Gasteiger partial charge in [0, 0.05) is 56.1 Å². The molecule has 4 rings (SSSR count). The van der Waals surface area contributed by atoms with Gasteiger partial charge in [0.15, 0.2) is 0 Å². The van der Waals surface area contributed by atoms with Crippen LogP contribution in [0.4, 0.5) is 0 Å². The smallest absolute Gasteiger partial charge is 0.128 e. The van der Waals surface area contributed by atoms with Crippen LogP contribution in [0.2, 0.25) is 0 Å². The lowest BCUT2D eigenvalue weighted by Gasteiger charge is -2.47. The van der Waals surface area contributed by atoms with Crippen LogP contribution in [-0.4, -0.2) is 37.7 Å². The van der Waals surface area contributed by atoms with Gasteiger partial charge in [-0.25, -0.2) is 9.97 Å². The summed E-state index contributed by atoms with van der Waals surface area (Å²) < 4.78 is 8.14. The molecular weight excluding hydrogens is 302 g/mol. The average molecular weight is 327 g/mol. The largest absolute Gasteiger partial charge is 0.361 e. The third-order valence-electron chi connectivity index (χ3n) is 5.09. The van der Waals surface area contributed by atoms with Crippen LogP contribution in [0.3, 0.4) is 0 Å². The quantitative estimate of drug-likeness (QED) is 0.842. The second kappa shape index (κ2) is 5.93. The van der Waals surface area contributed by atoms with E-state index in [4.69, 9.17) is 4.74 Å². The highest BCUT2D eigenvalue weighted by atomic mass is 16.5. The van der Waals surface area contributed by atoms with Crippen molar-refractivity contribution in [3.8, 4) is 0 Å². The second-order valence-corrected chi connectivity index (χ2v) is 6.92. The topological polar surface area (TPSA) is 56.1 Å². The van der Waals surface area contributed by atoms with Gasteiger partial charge in [-0.1, -0.05) is 6.92 Å². The first kappa shape index (κ1) is 15.7. The minimum atomic E-state index is -0.186. The van der Waals surface area contributed by atoms with E-state index in [-0.39, 0.29) is 5.60 Å². The normalized spacial score (nSPS) is 18.8. The zero-order valence-corrected chi connectivity index (χ0v) is 14.7. The second-order valence-electron chi connectivity index (χ2n) is 6.92. The van der Waals surface area contributed by atoms with Crippen molar-refractivity contribution in [1.82, 2.24) is 24.6 Å². The molecule has 24 heavy (non-hydrogen) atoms. The lowest BCUT2D eigenvalue weighted by molar-refractivity contribution is -0.145. The Morgan fingerprint density at radius 3 is 2.83 bits per heavy atom. The predicted octanol–water partition coefficient (Wildman–Crippen LogP) is 2.20. The van der Waals surface area contributed by atoms with Gasteiger partial charge < -0.3 is 4.74 Å². The number of fused-ring (bicyclic) bond motifs is 2. The Morgan fingerprint density at radius 1 is 1.29 bits per heavy atom. The first-order chi connectivity index (χ1) is 11.6. The molecule has 0 N–H and O–H groups in total. The number of likely N-dealkylation sites (tertiary alicyclic amines) is 1. The van der Waals surface area contributed by atoms with Crippen molar-refractivity contribution >= 4 is 0 Å². The molecule has 6 heteroatoms. The maximum absolute atomic E-state index is 6.14. The predicted molar refractivity (Wildman–Crippen MR) is 90.4 cm³/mol. The molecule has 0 amide bonds. The summed E-state index contributed by atoms with van der Waals surface area (Å²) in [4.78, 5) is 11.6. The lowest BCUT2D eigenvalue weighted by atomic mass is 9.87. The fourth-order valence-corrected chi connectivity index (χ4v) is 3.74. The maximum Gasteiger partial charge on any atom is 0.128 e. The van der Waals surface area contributed by atoms with Crippen LogP contribution in [0.15, 0.2) is 12.4 Å². The molecule has 1 saturated heterocycles. The Morgan fingerprint density at radius 2 is 2.12 bits per heavy atom. The van der Waals surface area contributed by atoms with Crippen LogP contribution in [0.5, 0.6) is 0 Å². The molecule has 0 saturated carbocycles. The third-order valence-corrected chi connectivity index (χ3v) is 5.09. The Kier molecular flexibility index (Phi) is 3.89. The lowest BCUT2D eigenvalue weighted by Crippen LogP contribution is -2.58. The van der Waals surface area contributed by atoms with E-state index in [0.717, 1.165) is 56.2 Å². The van der Waals surface area contributed by atoms with Gasteiger partial charge in [0.05, 0.1) is 18.0 Å². The number of hydrogen-bond donors (Lipinski definition) is 0. The molecule has 2 aliphatic heterocycles. The summed E-state index contributed by atoms with van der Waals surface area (Å²) in [6.45, 7) is 10.6. The van der Waals surface area contributed by atoms with Crippen molar-refractivity contribution in [3.63, 3.8) is 0 Å². The highest BCUT2D eigenvalue weighted by Crippen LogP contribution is 2.43. The van der Waals surface area contributed by atoms with Gasteiger partial charge in [-0.15, -0.1) is 0 Å². The van der Waals surface area contributed by atoms with Gasteiger partial charge in [-0.3, -0.25) is 9.58 Å². The molecule has 1 spiro atoms. The fraction of sp³-hybridized carbons (Fsp3) is 0.611. The first-order valence-electron chi connectivity index (χ1n) is 8.88. The van der Waals surface area contributed by atoms with E-state index < -0.39 is 0 Å². The molecule has 2 aromatic rings. The van der Waals surface area contributed by atoms with Crippen molar-refractivity contribution in [3.05, 3.63) is 40.7 Å². The Bertz CT molecular complexity index is 748. The van der Waals surface area contributed by atoms with Gasteiger partial charge in [-0.2, -0.15) is 5.10 Å². The third kappa shape index (κ3) is 2.54. The molecule has 0 aliphatic carbocycles. The van der Waals surface area contributed by atoms with Gasteiger partial charge in [0.1, 0.15) is 11.4 Å². The summed E-state index contributed by atoms with van der Waals surface area (Å²) in [6, 6.07) is 0. The Balaban J connectivity index is 1.45. The summed E-state index contributed by atoms with van der Waals surface area (Å²) in [7, 11) is 0. The summed E-state index contributed by atoms with van der Waals surface area (Å²) in [6.07, 6.45) is 6.17. The first-order valence-corrected chi connectivity index (χ1v) is 8.88. The molecule has 2 aromatic heterocycles. The molecule has 0 unspecified atom stereocenters. The van der Waals surface area contributed by atoms with Crippen molar-refractivity contribution in [2.75, 3.05) is 13.1 Å². The molecule has 128 valence electrons. The zero-order valence-electron chi connectivity index (χ0n) is 14.7. The van der Waals surface area contributed by atoms with E-state index >= 15 is 0 Å². The fourth-order valence-electron chi connectivity index (χ4n) is 3.74. The van der Waals surface area contributed by atoms with Crippen molar-refractivity contribution < 1.29 is 4.74 Å². The molecule has 2 aliphatic rings. The molecule has 0 radical (unpaired) electrons. The van der Waals surface area contributed by atoms with Crippen LogP contribution in [0.1, 0.15) is 48.6 Å². The van der Waals surface area contributed by atoms with Crippen molar-refractivity contribution in [2.45, 2.75) is 58.9 Å². The van der Waals surface area contributed by atoms with E-state index in [1.54, 1.807) is 0 Å². The van der Waals surface area contributed by atoms with Gasteiger partial charge in [-0.05, 0) is 20.3 Å². The monoisotopic (exact) mass is 327 g/mol. The Hall–Kier alpha value is -1.79. The minimum Gasteiger partial charge on any atom is -0.361 e. The van der Waals surface area contributed by atoms with E-state index in [0.29, 0.717) is 6.61 Å². The summed E-state index contributed by atoms with van der Waals surface area (Å²) in [5, 5.41) is 4.53. The van der Waals surface area contributed by atoms with Crippen LogP contribution >= 0.6 is 0 Å². The number of ether oxygens (including phenoxy) is 1. The summed E-state index contributed by atoms with van der Waals surface area (Å²) in [5.41, 5.74) is 4.52. The van der Waals surface area contributed by atoms with E-state index in [9.17, 15) is 0 Å². The molecule has 0 aromatic carbocycles. The molecule has 4 heterocycles. The van der Waals surface area contributed by atoms with Gasteiger partial charge in [0.25, 0.3) is 0 Å². The highest BCUT2D eigenvalue weighted by molar-refractivity contribution is 5.33. The van der Waals surface area contributed by atoms with Crippen molar-refractivity contribution in [2.24, 2.45) is 0 Å². The van der Waals surface area contributed by atoms with Crippen LogP contribution in [0, 0.1) is 6.92 Å². The highest BCUT2D eigenvalue weighted by Gasteiger charge is 2.50. The van der Waals surface area contributed by atoms with Crippen LogP contribution in [0.25, 0.3) is 0 Å². The maximum atomic E-state index is 6.14. The van der Waals surface area contributed by atoms with Gasteiger partial charge in [0.2, 0.25) is 0 Å². The number of rotatable bonds is 5. The summed E-state index contributed by atoms with van der Waals surface area (Å²) >= 11 is 0. The number of nitrogens with zero attached hydrogens (tertiary/aromatic N) is 5. The molecule has 0 atom stereocenters. The molecule has 6 nitrogen and oxygen atoms in total. The standard InChI is InChI=1S/C18H25N5O/c1-4-6-17-19-7-15-16(20-17)10-24-18(15)11-22(12-18)8-14-9-23(5-2)21-13(14)3/h7,9H,4-6,8,10-12H2,1-3H3. The van der Waals surface area contributed by atoms with Crippen LogP contribution in [-0.2, 0) is 36.5 Å². The number of hydrogen-bond acceptors (Lipinski definition) is 5. The van der Waals surface area contributed by atoms with Crippen LogP contribution < -0.4 is 0 Å². The minimum absolute atomic E-state index is 0.186. The number of aryl methyl sites for hydroxylation is 3. The zero-order chi connectivity index (χ0) is 16.7. The number of aromatic nitrogens is 4. The van der Waals surface area contributed by atoms with E-state index in [1.807, 2.05) is 10.9 Å². The SMILES string of the molecule is CCCc1ncc2c(n1)COC21CN(Cc2cn(CC)nc2C)C1. The Labute approximate surface area is 142 Å². The van der Waals surface area contributed by atoms with Crippen molar-refractivity contribution in [1.29, 1.82) is 0 Å². The molecule has 1 fully saturated rings. The molecular formula is C18H25N5O. The van der Waals surface area contributed by atoms with Gasteiger partial charge >= 0.3 is 0 Å². The summed E-state index contributed by atoms with van der Waals surface area (Å²) in [5.74, 6) is 0.940. The molecule has 0 bridgehead atoms. The van der Waals surface area contributed by atoms with E-state index in [1.165, 1.54) is 11.1 Å². The average Bonchev–Trinajstić information content (AvgIpc) is 3.09.